The average molecular weight is 389 g/mol. The van der Waals surface area contributed by atoms with Crippen molar-refractivity contribution >= 4 is 15.9 Å². The van der Waals surface area contributed by atoms with Crippen molar-refractivity contribution in [3.8, 4) is 0 Å². The smallest absolute Gasteiger partial charge is 0.243 e. The van der Waals surface area contributed by atoms with Gasteiger partial charge in [-0.3, -0.25) is 4.79 Å². The van der Waals surface area contributed by atoms with Crippen molar-refractivity contribution in [2.75, 3.05) is 19.6 Å². The van der Waals surface area contributed by atoms with Crippen molar-refractivity contribution < 1.29 is 13.2 Å². The molecular weight excluding hydrogens is 360 g/mol. The quantitative estimate of drug-likeness (QED) is 0.800. The first-order chi connectivity index (χ1) is 13.0. The molecule has 1 saturated heterocycles. The van der Waals surface area contributed by atoms with Gasteiger partial charge in [0.05, 0.1) is 4.90 Å². The number of sulfonamides is 1. The van der Waals surface area contributed by atoms with E-state index in [4.69, 9.17) is 0 Å². The third-order valence-electron chi connectivity index (χ3n) is 7.29. The number of fused-ring (bicyclic) bond motifs is 1. The van der Waals surface area contributed by atoms with Crippen molar-refractivity contribution in [3.63, 3.8) is 0 Å². The zero-order valence-corrected chi connectivity index (χ0v) is 16.6. The van der Waals surface area contributed by atoms with Crippen LogP contribution in [0.5, 0.6) is 0 Å². The third-order valence-corrected chi connectivity index (χ3v) is 9.19. The Bertz CT molecular complexity index is 867. The summed E-state index contributed by atoms with van der Waals surface area (Å²) < 4.78 is 27.3. The Morgan fingerprint density at radius 2 is 1.74 bits per heavy atom. The molecular formula is C21H28N2O3S. The summed E-state index contributed by atoms with van der Waals surface area (Å²) in [5.41, 5.74) is 2.51. The van der Waals surface area contributed by atoms with E-state index in [1.165, 1.54) is 31.2 Å². The van der Waals surface area contributed by atoms with Gasteiger partial charge < -0.3 is 4.90 Å². The maximum Gasteiger partial charge on any atom is 0.243 e. The normalized spacial score (nSPS) is 27.1. The van der Waals surface area contributed by atoms with E-state index in [0.29, 0.717) is 35.9 Å². The maximum atomic E-state index is 13.0. The Hall–Kier alpha value is -1.40. The lowest BCUT2D eigenvalue weighted by Gasteiger charge is -2.30. The fourth-order valence-electron chi connectivity index (χ4n) is 5.51. The third kappa shape index (κ3) is 2.92. The highest BCUT2D eigenvalue weighted by atomic mass is 32.2. The summed E-state index contributed by atoms with van der Waals surface area (Å²) in [5, 5.41) is 0. The lowest BCUT2D eigenvalue weighted by Crippen LogP contribution is -2.38. The minimum atomic E-state index is -3.40. The Morgan fingerprint density at radius 1 is 1.00 bits per heavy atom. The van der Waals surface area contributed by atoms with Gasteiger partial charge in [0.2, 0.25) is 15.9 Å². The highest BCUT2D eigenvalue weighted by molar-refractivity contribution is 7.89. The summed E-state index contributed by atoms with van der Waals surface area (Å²) in [6, 6.07) is 5.52. The lowest BCUT2D eigenvalue weighted by atomic mass is 9.97. The number of carbonyl (C=O) groups is 1. The molecule has 0 bridgehead atoms. The van der Waals surface area contributed by atoms with Gasteiger partial charge in [-0.05, 0) is 67.2 Å². The molecule has 5 nitrogen and oxygen atoms in total. The van der Waals surface area contributed by atoms with E-state index < -0.39 is 10.0 Å². The van der Waals surface area contributed by atoms with Crippen LogP contribution in [-0.4, -0.2) is 43.2 Å². The van der Waals surface area contributed by atoms with E-state index in [9.17, 15) is 13.2 Å². The van der Waals surface area contributed by atoms with Crippen molar-refractivity contribution in [2.24, 2.45) is 11.3 Å². The molecule has 2 aliphatic carbocycles. The van der Waals surface area contributed by atoms with Crippen molar-refractivity contribution in [2.45, 2.75) is 62.8 Å². The second kappa shape index (κ2) is 6.31. The minimum Gasteiger partial charge on any atom is -0.338 e. The Balaban J connectivity index is 1.35. The van der Waals surface area contributed by atoms with E-state index in [-0.39, 0.29) is 5.92 Å². The fraction of sp³-hybridized carbons (Fsp3) is 0.667. The van der Waals surface area contributed by atoms with E-state index in [2.05, 4.69) is 0 Å². The highest BCUT2D eigenvalue weighted by Gasteiger charge is 2.59. The minimum absolute atomic E-state index is 0.220. The van der Waals surface area contributed by atoms with Crippen molar-refractivity contribution in [1.82, 2.24) is 9.21 Å². The maximum absolute atomic E-state index is 13.0. The van der Waals surface area contributed by atoms with Crippen LogP contribution >= 0.6 is 0 Å². The summed E-state index contributed by atoms with van der Waals surface area (Å²) >= 11 is 0. The summed E-state index contributed by atoms with van der Waals surface area (Å²) in [5.74, 6) is 0.522. The van der Waals surface area contributed by atoms with Crippen LogP contribution in [0, 0.1) is 11.3 Å². The Kier molecular flexibility index (Phi) is 4.13. The molecule has 2 heterocycles. The molecule has 0 unspecified atom stereocenters. The second-order valence-electron chi connectivity index (χ2n) is 8.88. The molecule has 0 aromatic heterocycles. The molecule has 2 saturated carbocycles. The van der Waals surface area contributed by atoms with Gasteiger partial charge in [-0.15, -0.1) is 0 Å². The number of rotatable bonds is 3. The number of nitrogens with zero attached hydrogens (tertiary/aromatic N) is 2. The van der Waals surface area contributed by atoms with Gasteiger partial charge in [-0.25, -0.2) is 8.42 Å². The SMILES string of the molecule is O=C([C@@H]1CC12CCCC2)N1CCc2ccc(S(=O)(=O)N3CCCC3)cc2C1. The van der Waals surface area contributed by atoms with Gasteiger partial charge >= 0.3 is 0 Å². The summed E-state index contributed by atoms with van der Waals surface area (Å²) in [6.07, 6.45) is 8.74. The number of amides is 1. The highest BCUT2D eigenvalue weighted by Crippen LogP contribution is 2.63. The van der Waals surface area contributed by atoms with Gasteiger partial charge in [0, 0.05) is 32.1 Å². The zero-order chi connectivity index (χ0) is 18.6. The largest absolute Gasteiger partial charge is 0.338 e. The molecule has 6 heteroatoms. The summed E-state index contributed by atoms with van der Waals surface area (Å²) in [7, 11) is -3.40. The van der Waals surface area contributed by atoms with Crippen LogP contribution in [-0.2, 0) is 27.8 Å². The molecule has 4 aliphatic rings. The first-order valence-corrected chi connectivity index (χ1v) is 11.8. The van der Waals surface area contributed by atoms with E-state index in [1.807, 2.05) is 17.0 Å². The molecule has 27 heavy (non-hydrogen) atoms. The van der Waals surface area contributed by atoms with Gasteiger partial charge in [0.25, 0.3) is 0 Å². The van der Waals surface area contributed by atoms with Gasteiger partial charge in [0.1, 0.15) is 0 Å². The summed E-state index contributed by atoms with van der Waals surface area (Å²) in [4.78, 5) is 15.4. The van der Waals surface area contributed by atoms with Crippen LogP contribution in [0.1, 0.15) is 56.1 Å². The van der Waals surface area contributed by atoms with Gasteiger partial charge in [0.15, 0.2) is 0 Å². The predicted molar refractivity (Wildman–Crippen MR) is 103 cm³/mol. The monoisotopic (exact) mass is 388 g/mol. The fourth-order valence-corrected chi connectivity index (χ4v) is 7.08. The van der Waals surface area contributed by atoms with Crippen LogP contribution in [0.3, 0.4) is 0 Å². The number of benzene rings is 1. The molecule has 1 amide bonds. The van der Waals surface area contributed by atoms with Crippen LogP contribution in [0.2, 0.25) is 0 Å². The molecule has 1 atom stereocenters. The molecule has 5 rings (SSSR count). The standard InChI is InChI=1S/C21H28N2O3S/c24-20(19-14-21(19)8-1-2-9-21)22-12-7-16-5-6-18(13-17(16)15-22)27(25,26)23-10-3-4-11-23/h5-6,13,19H,1-4,7-12,14-15H2/t19-/m0/s1. The molecule has 2 aliphatic heterocycles. The molecule has 1 spiro atoms. The Labute approximate surface area is 161 Å². The van der Waals surface area contributed by atoms with E-state index in [1.54, 1.807) is 10.4 Å². The molecule has 3 fully saturated rings. The predicted octanol–water partition coefficient (Wildman–Crippen LogP) is 2.94. The zero-order valence-electron chi connectivity index (χ0n) is 15.8. The molecule has 1 aromatic carbocycles. The number of hydrogen-bond donors (Lipinski definition) is 0. The number of hydrogen-bond acceptors (Lipinski definition) is 3. The molecule has 1 aromatic rings. The Morgan fingerprint density at radius 3 is 2.48 bits per heavy atom. The second-order valence-corrected chi connectivity index (χ2v) is 10.8. The van der Waals surface area contributed by atoms with Crippen LogP contribution in [0.15, 0.2) is 23.1 Å². The van der Waals surface area contributed by atoms with Crippen molar-refractivity contribution in [1.29, 1.82) is 0 Å². The first-order valence-electron chi connectivity index (χ1n) is 10.4. The van der Waals surface area contributed by atoms with Crippen LogP contribution in [0.4, 0.5) is 0 Å². The number of carbonyl (C=O) groups excluding carboxylic acids is 1. The molecule has 0 radical (unpaired) electrons. The lowest BCUT2D eigenvalue weighted by molar-refractivity contribution is -0.134. The van der Waals surface area contributed by atoms with Crippen LogP contribution < -0.4 is 0 Å². The summed E-state index contributed by atoms with van der Waals surface area (Å²) in [6.45, 7) is 2.56. The van der Waals surface area contributed by atoms with E-state index >= 15 is 0 Å². The van der Waals surface area contributed by atoms with Gasteiger partial charge in [-0.2, -0.15) is 4.31 Å². The van der Waals surface area contributed by atoms with Gasteiger partial charge in [-0.1, -0.05) is 18.9 Å². The van der Waals surface area contributed by atoms with E-state index in [0.717, 1.165) is 37.8 Å². The average Bonchev–Trinajstić information content (AvgIpc) is 3.06. The molecule has 0 N–H and O–H groups in total. The first kappa shape index (κ1) is 17.7. The topological polar surface area (TPSA) is 57.7 Å². The molecule has 146 valence electrons. The van der Waals surface area contributed by atoms with Crippen molar-refractivity contribution in [3.05, 3.63) is 29.3 Å². The van der Waals surface area contributed by atoms with Crippen LogP contribution in [0.25, 0.3) is 0 Å².